The Morgan fingerprint density at radius 3 is 2.92 bits per heavy atom. The van der Waals surface area contributed by atoms with Crippen LogP contribution in [0.1, 0.15) is 48.1 Å². The van der Waals surface area contributed by atoms with E-state index in [2.05, 4.69) is 39.0 Å². The van der Waals surface area contributed by atoms with Crippen LogP contribution < -0.4 is 10.2 Å². The van der Waals surface area contributed by atoms with E-state index < -0.39 is 0 Å². The lowest BCUT2D eigenvalue weighted by Gasteiger charge is -2.32. The first-order valence-corrected chi connectivity index (χ1v) is 9.27. The summed E-state index contributed by atoms with van der Waals surface area (Å²) in [6.45, 7) is 6.68. The van der Waals surface area contributed by atoms with Crippen molar-refractivity contribution in [3.05, 3.63) is 34.5 Å². The first-order chi connectivity index (χ1) is 11.6. The van der Waals surface area contributed by atoms with Gasteiger partial charge in [-0.25, -0.2) is 15.0 Å². The number of amides is 1. The molecule has 128 valence electrons. The Morgan fingerprint density at radius 2 is 2.21 bits per heavy atom. The Labute approximate surface area is 146 Å². The molecule has 0 saturated carbocycles. The van der Waals surface area contributed by atoms with E-state index >= 15 is 0 Å². The fraction of sp³-hybridized carbons (Fsp3) is 0.529. The van der Waals surface area contributed by atoms with Gasteiger partial charge in [0.15, 0.2) is 0 Å². The van der Waals surface area contributed by atoms with E-state index in [1.54, 1.807) is 23.7 Å². The second kappa shape index (κ2) is 7.70. The topological polar surface area (TPSA) is 71.0 Å². The first-order valence-electron chi connectivity index (χ1n) is 8.39. The lowest BCUT2D eigenvalue weighted by molar-refractivity contribution is 0.0941. The molecule has 0 bridgehead atoms. The molecule has 1 saturated heterocycles. The maximum Gasteiger partial charge on any atom is 0.270 e. The van der Waals surface area contributed by atoms with Gasteiger partial charge >= 0.3 is 0 Å². The average Bonchev–Trinajstić information content (AvgIpc) is 3.11. The van der Waals surface area contributed by atoms with Crippen LogP contribution >= 0.6 is 11.3 Å². The van der Waals surface area contributed by atoms with Gasteiger partial charge in [0.1, 0.15) is 5.69 Å². The van der Waals surface area contributed by atoms with E-state index in [-0.39, 0.29) is 5.91 Å². The van der Waals surface area contributed by atoms with Gasteiger partial charge < -0.3 is 10.2 Å². The standard InChI is InChI=1S/C17H23N5OS/c1-12(2)16-21-14(11-24-16)15(23)20-9-13-5-3-8-22(10-13)17-18-6-4-7-19-17/h4,6-7,11-13H,3,5,8-10H2,1-2H3,(H,20,23)/t13-/m1/s1. The third-order valence-electron chi connectivity index (χ3n) is 4.15. The summed E-state index contributed by atoms with van der Waals surface area (Å²) in [6.07, 6.45) is 5.73. The summed E-state index contributed by atoms with van der Waals surface area (Å²) in [6, 6.07) is 1.82. The summed E-state index contributed by atoms with van der Waals surface area (Å²) < 4.78 is 0. The Balaban J connectivity index is 1.53. The van der Waals surface area contributed by atoms with E-state index in [1.165, 1.54) is 0 Å². The van der Waals surface area contributed by atoms with Crippen LogP contribution in [0.25, 0.3) is 0 Å². The number of thiazole rings is 1. The van der Waals surface area contributed by atoms with Crippen LogP contribution in [0.5, 0.6) is 0 Å². The summed E-state index contributed by atoms with van der Waals surface area (Å²) >= 11 is 1.55. The molecule has 6 nitrogen and oxygen atoms in total. The van der Waals surface area contributed by atoms with Crippen LogP contribution in [-0.4, -0.2) is 40.5 Å². The van der Waals surface area contributed by atoms with Gasteiger partial charge in [0.2, 0.25) is 5.95 Å². The van der Waals surface area contributed by atoms with Crippen LogP contribution in [-0.2, 0) is 0 Å². The molecule has 1 N–H and O–H groups in total. The highest BCUT2D eigenvalue weighted by atomic mass is 32.1. The molecule has 0 unspecified atom stereocenters. The summed E-state index contributed by atoms with van der Waals surface area (Å²) in [5, 5.41) is 5.88. The fourth-order valence-electron chi connectivity index (χ4n) is 2.85. The zero-order chi connectivity index (χ0) is 16.9. The van der Waals surface area contributed by atoms with Crippen molar-refractivity contribution in [1.29, 1.82) is 0 Å². The number of nitrogens with one attached hydrogen (secondary N) is 1. The number of piperidine rings is 1. The maximum absolute atomic E-state index is 12.3. The van der Waals surface area contributed by atoms with Gasteiger partial charge in [0, 0.05) is 43.3 Å². The molecular weight excluding hydrogens is 322 g/mol. The average molecular weight is 345 g/mol. The summed E-state index contributed by atoms with van der Waals surface area (Å²) in [4.78, 5) is 27.5. The number of hydrogen-bond donors (Lipinski definition) is 1. The molecule has 0 aromatic carbocycles. The number of carbonyl (C=O) groups is 1. The number of rotatable bonds is 5. The van der Waals surface area contributed by atoms with Crippen molar-refractivity contribution < 1.29 is 4.79 Å². The minimum absolute atomic E-state index is 0.0776. The molecule has 1 fully saturated rings. The summed E-state index contributed by atoms with van der Waals surface area (Å²) in [5.41, 5.74) is 0.530. The normalized spacial score (nSPS) is 18.0. The maximum atomic E-state index is 12.3. The molecule has 2 aromatic rings. The van der Waals surface area contributed by atoms with Crippen molar-refractivity contribution in [2.45, 2.75) is 32.6 Å². The van der Waals surface area contributed by atoms with Crippen molar-refractivity contribution >= 4 is 23.2 Å². The second-order valence-electron chi connectivity index (χ2n) is 6.44. The zero-order valence-electron chi connectivity index (χ0n) is 14.1. The largest absolute Gasteiger partial charge is 0.350 e. The van der Waals surface area contributed by atoms with E-state index in [1.807, 2.05) is 11.4 Å². The number of hydrogen-bond acceptors (Lipinski definition) is 6. The van der Waals surface area contributed by atoms with Gasteiger partial charge in [0.25, 0.3) is 5.91 Å². The second-order valence-corrected chi connectivity index (χ2v) is 7.33. The molecule has 3 rings (SSSR count). The molecular formula is C17H23N5OS. The highest BCUT2D eigenvalue weighted by molar-refractivity contribution is 7.09. The third kappa shape index (κ3) is 4.08. The van der Waals surface area contributed by atoms with E-state index in [0.717, 1.165) is 36.9 Å². The van der Waals surface area contributed by atoms with E-state index in [0.29, 0.717) is 24.1 Å². The van der Waals surface area contributed by atoms with Crippen molar-refractivity contribution in [3.8, 4) is 0 Å². The van der Waals surface area contributed by atoms with Gasteiger partial charge in [-0.3, -0.25) is 4.79 Å². The Hall–Kier alpha value is -2.02. The number of carbonyl (C=O) groups excluding carboxylic acids is 1. The molecule has 2 aromatic heterocycles. The molecule has 1 atom stereocenters. The van der Waals surface area contributed by atoms with Gasteiger partial charge in [-0.05, 0) is 24.8 Å². The molecule has 1 amide bonds. The lowest BCUT2D eigenvalue weighted by atomic mass is 9.98. The Bertz CT molecular complexity index is 673. The minimum Gasteiger partial charge on any atom is -0.350 e. The predicted octanol–water partition coefficient (Wildman–Crippen LogP) is 2.70. The van der Waals surface area contributed by atoms with Crippen LogP contribution in [0.3, 0.4) is 0 Å². The SMILES string of the molecule is CC(C)c1nc(C(=O)NC[C@H]2CCCN(c3ncccn3)C2)cs1. The first kappa shape index (κ1) is 16.8. The molecule has 24 heavy (non-hydrogen) atoms. The van der Waals surface area contributed by atoms with Gasteiger partial charge in [-0.15, -0.1) is 11.3 Å². The van der Waals surface area contributed by atoms with Crippen molar-refractivity contribution in [3.63, 3.8) is 0 Å². The van der Waals surface area contributed by atoms with Crippen molar-refractivity contribution in [2.24, 2.45) is 5.92 Å². The van der Waals surface area contributed by atoms with Gasteiger partial charge in [0.05, 0.1) is 5.01 Å². The van der Waals surface area contributed by atoms with Crippen LogP contribution in [0.4, 0.5) is 5.95 Å². The van der Waals surface area contributed by atoms with Gasteiger partial charge in [-0.2, -0.15) is 0 Å². The molecule has 7 heteroatoms. The Morgan fingerprint density at radius 1 is 1.42 bits per heavy atom. The molecule has 0 radical (unpaired) electrons. The summed E-state index contributed by atoms with van der Waals surface area (Å²) in [5.74, 6) is 1.46. The van der Waals surface area contributed by atoms with Crippen LogP contribution in [0, 0.1) is 5.92 Å². The van der Waals surface area contributed by atoms with Crippen molar-refractivity contribution in [2.75, 3.05) is 24.5 Å². The monoisotopic (exact) mass is 345 g/mol. The molecule has 3 heterocycles. The minimum atomic E-state index is -0.0776. The Kier molecular flexibility index (Phi) is 5.40. The molecule has 0 spiro atoms. The molecule has 1 aliphatic rings. The fourth-order valence-corrected chi connectivity index (χ4v) is 3.67. The number of nitrogens with zero attached hydrogens (tertiary/aromatic N) is 4. The van der Waals surface area contributed by atoms with E-state index in [9.17, 15) is 4.79 Å². The highest BCUT2D eigenvalue weighted by Crippen LogP contribution is 2.21. The summed E-state index contributed by atoms with van der Waals surface area (Å²) in [7, 11) is 0. The third-order valence-corrected chi connectivity index (χ3v) is 5.30. The smallest absolute Gasteiger partial charge is 0.270 e. The van der Waals surface area contributed by atoms with Crippen LogP contribution in [0.15, 0.2) is 23.8 Å². The molecule has 0 aliphatic carbocycles. The number of aromatic nitrogens is 3. The quantitative estimate of drug-likeness (QED) is 0.902. The van der Waals surface area contributed by atoms with E-state index in [4.69, 9.17) is 0 Å². The predicted molar refractivity (Wildman–Crippen MR) is 95.5 cm³/mol. The van der Waals surface area contributed by atoms with Crippen molar-refractivity contribution in [1.82, 2.24) is 20.3 Å². The highest BCUT2D eigenvalue weighted by Gasteiger charge is 2.22. The number of anilines is 1. The van der Waals surface area contributed by atoms with Crippen LogP contribution in [0.2, 0.25) is 0 Å². The lowest BCUT2D eigenvalue weighted by Crippen LogP contribution is -2.41. The molecule has 1 aliphatic heterocycles. The zero-order valence-corrected chi connectivity index (χ0v) is 14.9. The van der Waals surface area contributed by atoms with Gasteiger partial charge in [-0.1, -0.05) is 13.8 Å².